The van der Waals surface area contributed by atoms with Crippen molar-refractivity contribution in [2.75, 3.05) is 14.7 Å². The molecule has 356 valence electrons. The third-order valence-electron chi connectivity index (χ3n) is 15.8. The topological polar surface area (TPSA) is 9.72 Å². The summed E-state index contributed by atoms with van der Waals surface area (Å²) in [6, 6.07) is 57.0. The molecule has 8 heteroatoms. The largest absolute Gasteiger partial charge is 0.310 e. The Morgan fingerprint density at radius 2 is 0.831 bits per heavy atom. The minimum Gasteiger partial charge on any atom is -0.310 e. The van der Waals surface area contributed by atoms with Gasteiger partial charge in [0, 0.05) is 57.9 Å². The average molecular weight is 996 g/mol. The summed E-state index contributed by atoms with van der Waals surface area (Å²) in [5, 5.41) is 5.81. The SMILES string of the molecule is CC(C)(C)c1ccc(N2c3cc(N4c5ccccc5C(C)(C)c5ccccc54)cc4c3B(c3sc5c([Si](C)(C)C)cccc5c32)c2sc3c([Si](C)(C)C)cccc3c2N4c2ccc(C(C)(C)C)cc2)cc1. The fourth-order valence-electron chi connectivity index (χ4n) is 12.0. The summed E-state index contributed by atoms with van der Waals surface area (Å²) >= 11 is 4.15. The predicted molar refractivity (Wildman–Crippen MR) is 321 cm³/mol. The highest BCUT2D eigenvalue weighted by Gasteiger charge is 2.49. The maximum absolute atomic E-state index is 2.69. The molecule has 0 saturated heterocycles. The fraction of sp³-hybridized carbons (Fsp3) is 0.270. The number of anilines is 9. The van der Waals surface area contributed by atoms with Gasteiger partial charge < -0.3 is 14.7 Å². The van der Waals surface area contributed by atoms with Crippen molar-refractivity contribution in [3.8, 4) is 0 Å². The number of hydrogen-bond acceptors (Lipinski definition) is 5. The van der Waals surface area contributed by atoms with Crippen LogP contribution in [0.3, 0.4) is 0 Å². The summed E-state index contributed by atoms with van der Waals surface area (Å²) in [7, 11) is -3.56. The van der Waals surface area contributed by atoms with Crippen molar-refractivity contribution < 1.29 is 0 Å². The lowest BCUT2D eigenvalue weighted by atomic mass is 9.39. The van der Waals surface area contributed by atoms with Crippen molar-refractivity contribution in [3.05, 3.63) is 168 Å². The van der Waals surface area contributed by atoms with E-state index in [-0.39, 0.29) is 23.0 Å². The first-order valence-electron chi connectivity index (χ1n) is 25.6. The van der Waals surface area contributed by atoms with Gasteiger partial charge in [-0.3, -0.25) is 0 Å². The van der Waals surface area contributed by atoms with Gasteiger partial charge in [-0.2, -0.15) is 0 Å². The van der Waals surface area contributed by atoms with E-state index in [1.54, 1.807) is 10.4 Å². The molecule has 3 aliphatic rings. The molecule has 12 rings (SSSR count). The maximum atomic E-state index is 2.69. The molecule has 0 radical (unpaired) electrons. The lowest BCUT2D eigenvalue weighted by molar-refractivity contribution is 0.590. The third kappa shape index (κ3) is 7.05. The van der Waals surface area contributed by atoms with Crippen LogP contribution in [-0.2, 0) is 16.2 Å². The predicted octanol–water partition coefficient (Wildman–Crippen LogP) is 16.0. The Hall–Kier alpha value is -5.64. The highest BCUT2D eigenvalue weighted by atomic mass is 32.1. The van der Waals surface area contributed by atoms with Crippen LogP contribution >= 0.6 is 22.7 Å². The Morgan fingerprint density at radius 3 is 1.21 bits per heavy atom. The van der Waals surface area contributed by atoms with Crippen molar-refractivity contribution >= 4 is 142 Å². The minimum absolute atomic E-state index is 0.0231. The molecule has 5 heterocycles. The van der Waals surface area contributed by atoms with Gasteiger partial charge in [0.1, 0.15) is 0 Å². The zero-order valence-corrected chi connectivity index (χ0v) is 47.7. The first-order valence-corrected chi connectivity index (χ1v) is 34.3. The van der Waals surface area contributed by atoms with Gasteiger partial charge >= 0.3 is 0 Å². The molecule has 0 saturated carbocycles. The lowest BCUT2D eigenvalue weighted by Gasteiger charge is -2.45. The lowest BCUT2D eigenvalue weighted by Crippen LogP contribution is -2.59. The normalized spacial score (nSPS) is 15.2. The highest BCUT2D eigenvalue weighted by Crippen LogP contribution is 2.56. The van der Waals surface area contributed by atoms with Gasteiger partial charge in [0.15, 0.2) is 0 Å². The van der Waals surface area contributed by atoms with E-state index >= 15 is 0 Å². The van der Waals surface area contributed by atoms with E-state index in [0.717, 1.165) is 5.69 Å². The zero-order chi connectivity index (χ0) is 49.9. The second-order valence-electron chi connectivity index (χ2n) is 25.1. The summed E-state index contributed by atoms with van der Waals surface area (Å²) in [5.41, 5.74) is 17.8. The Kier molecular flexibility index (Phi) is 10.3. The summed E-state index contributed by atoms with van der Waals surface area (Å²) in [6.45, 7) is 33.9. The number of nitrogens with zero attached hydrogens (tertiary/aromatic N) is 3. The molecule has 0 spiro atoms. The summed E-state index contributed by atoms with van der Waals surface area (Å²) in [4.78, 5) is 7.95. The molecule has 9 aromatic rings. The summed E-state index contributed by atoms with van der Waals surface area (Å²) in [5.74, 6) is 0. The molecule has 0 amide bonds. The molecule has 0 aliphatic carbocycles. The quantitative estimate of drug-likeness (QED) is 0.159. The van der Waals surface area contributed by atoms with Crippen LogP contribution < -0.4 is 40.1 Å². The van der Waals surface area contributed by atoms with Crippen LogP contribution in [0.1, 0.15) is 77.6 Å². The number of hydrogen-bond donors (Lipinski definition) is 0. The molecule has 0 N–H and O–H groups in total. The summed E-state index contributed by atoms with van der Waals surface area (Å²) in [6.07, 6.45) is 0. The van der Waals surface area contributed by atoms with Crippen LogP contribution in [0.4, 0.5) is 51.2 Å². The number of fused-ring (bicyclic) bond motifs is 10. The van der Waals surface area contributed by atoms with Crippen molar-refractivity contribution in [2.45, 2.75) is 111 Å². The van der Waals surface area contributed by atoms with E-state index in [1.165, 1.54) is 103 Å². The number of thiophene rings is 2. The van der Waals surface area contributed by atoms with E-state index < -0.39 is 16.1 Å². The van der Waals surface area contributed by atoms with Gasteiger partial charge in [0.05, 0.1) is 44.6 Å². The van der Waals surface area contributed by atoms with E-state index in [9.17, 15) is 0 Å². The number of para-hydroxylation sites is 2. The van der Waals surface area contributed by atoms with Crippen LogP contribution in [0.15, 0.2) is 146 Å². The molecule has 0 atom stereocenters. The Morgan fingerprint density at radius 1 is 0.437 bits per heavy atom. The van der Waals surface area contributed by atoms with E-state index in [0.29, 0.717) is 0 Å². The Labute approximate surface area is 432 Å². The second-order valence-corrected chi connectivity index (χ2v) is 37.3. The molecule has 71 heavy (non-hydrogen) atoms. The zero-order valence-electron chi connectivity index (χ0n) is 44.1. The molecule has 0 unspecified atom stereocenters. The van der Waals surface area contributed by atoms with Gasteiger partial charge in [-0.15, -0.1) is 22.7 Å². The first-order chi connectivity index (χ1) is 33.5. The fourth-order valence-corrected chi connectivity index (χ4v) is 19.7. The molecule has 0 bridgehead atoms. The number of rotatable bonds is 5. The number of benzene rings is 7. The molecule has 2 aromatic heterocycles. The smallest absolute Gasteiger partial charge is 0.277 e. The molecular formula is C63H66BN3S2Si2. The second kappa shape index (κ2) is 15.7. The Bertz CT molecular complexity index is 3400. The van der Waals surface area contributed by atoms with E-state index in [2.05, 4.69) is 278 Å². The van der Waals surface area contributed by atoms with Crippen LogP contribution in [0.5, 0.6) is 0 Å². The average Bonchev–Trinajstić information content (AvgIpc) is 3.90. The monoisotopic (exact) mass is 995 g/mol. The van der Waals surface area contributed by atoms with Gasteiger partial charge in [-0.1, -0.05) is 192 Å². The molecular weight excluding hydrogens is 930 g/mol. The van der Waals surface area contributed by atoms with Crippen LogP contribution in [0.25, 0.3) is 20.2 Å². The summed E-state index contributed by atoms with van der Waals surface area (Å²) < 4.78 is 5.81. The van der Waals surface area contributed by atoms with Crippen LogP contribution in [-0.4, -0.2) is 22.9 Å². The first kappa shape index (κ1) is 46.4. The van der Waals surface area contributed by atoms with Gasteiger partial charge in [0.25, 0.3) is 6.71 Å². The molecule has 3 aliphatic heterocycles. The van der Waals surface area contributed by atoms with Crippen molar-refractivity contribution in [3.63, 3.8) is 0 Å². The molecule has 3 nitrogen and oxygen atoms in total. The standard InChI is InChI=1S/C63H66BN3S2Si2/c1-61(2,3)39-29-33-41(34-30-39)66-50-37-43(65-48-25-17-15-23-46(48)63(7,8)47-24-16-18-26-49(47)65)38-51-54(50)64(59-55(66)44-21-19-27-52(57(44)68-59)70(9,10)11)60-56(45-22-20-28-53(58(45)69-60)71(12,13)14)67(51)42-35-31-40(32-36-42)62(4,5)6/h15-38H,1-14H3. The van der Waals surface area contributed by atoms with Crippen molar-refractivity contribution in [1.29, 1.82) is 0 Å². The highest BCUT2D eigenvalue weighted by molar-refractivity contribution is 7.41. The van der Waals surface area contributed by atoms with E-state index in [1.807, 2.05) is 0 Å². The maximum Gasteiger partial charge on any atom is 0.277 e. The van der Waals surface area contributed by atoms with Crippen molar-refractivity contribution in [2.24, 2.45) is 0 Å². The van der Waals surface area contributed by atoms with Gasteiger partial charge in [-0.25, -0.2) is 0 Å². The van der Waals surface area contributed by atoms with Gasteiger partial charge in [0.2, 0.25) is 0 Å². The van der Waals surface area contributed by atoms with E-state index in [4.69, 9.17) is 0 Å². The van der Waals surface area contributed by atoms with Crippen molar-refractivity contribution in [1.82, 2.24) is 0 Å². The Balaban J connectivity index is 1.26. The molecule has 7 aromatic carbocycles. The van der Waals surface area contributed by atoms with Crippen LogP contribution in [0, 0.1) is 0 Å². The van der Waals surface area contributed by atoms with Gasteiger partial charge in [-0.05, 0) is 97.5 Å². The minimum atomic E-state index is -1.78. The third-order valence-corrected chi connectivity index (χ3v) is 22.8. The van der Waals surface area contributed by atoms with Crippen LogP contribution in [0.2, 0.25) is 39.3 Å². The molecule has 0 fully saturated rings.